The molecule has 1 fully saturated rings. The molecule has 1 saturated carbocycles. The number of nitrogens with zero attached hydrogens (tertiary/aromatic N) is 1. The highest BCUT2D eigenvalue weighted by Crippen LogP contribution is 2.42. The summed E-state index contributed by atoms with van der Waals surface area (Å²) in [6.07, 6.45) is 8.54. The highest BCUT2D eigenvalue weighted by Gasteiger charge is 2.42. The van der Waals surface area contributed by atoms with Crippen molar-refractivity contribution in [2.75, 3.05) is 5.32 Å². The summed E-state index contributed by atoms with van der Waals surface area (Å²) in [7, 11) is 0. The zero-order chi connectivity index (χ0) is 18.5. The molecule has 0 unspecified atom stereocenters. The number of carbonyl (C=O) groups is 1. The number of rotatable bonds is 5. The topological polar surface area (TPSA) is 42.0 Å². The lowest BCUT2D eigenvalue weighted by molar-refractivity contribution is -0.121. The van der Waals surface area contributed by atoms with Gasteiger partial charge in [-0.15, -0.1) is 0 Å². The Hall–Kier alpha value is -2.94. The quantitative estimate of drug-likeness (QED) is 0.689. The Morgan fingerprint density at radius 3 is 2.15 bits per heavy atom. The molecule has 1 aliphatic rings. The van der Waals surface area contributed by atoms with Gasteiger partial charge in [0.1, 0.15) is 0 Å². The molecule has 1 aromatic heterocycles. The van der Waals surface area contributed by atoms with Crippen LogP contribution in [0.5, 0.6) is 0 Å². The van der Waals surface area contributed by atoms with E-state index in [1.165, 1.54) is 11.1 Å². The summed E-state index contributed by atoms with van der Waals surface area (Å²) in [5, 5.41) is 3.17. The molecular weight excluding hydrogens is 332 g/mol. The molecule has 3 nitrogen and oxygen atoms in total. The molecule has 3 aromatic rings. The first-order valence-corrected chi connectivity index (χ1v) is 9.61. The average Bonchev–Trinajstić information content (AvgIpc) is 3.22. The highest BCUT2D eigenvalue weighted by molar-refractivity contribution is 5.99. The second-order valence-corrected chi connectivity index (χ2v) is 7.34. The second-order valence-electron chi connectivity index (χ2n) is 7.34. The first-order chi connectivity index (χ1) is 13.3. The Morgan fingerprint density at radius 1 is 0.852 bits per heavy atom. The van der Waals surface area contributed by atoms with Crippen LogP contribution in [-0.2, 0) is 16.6 Å². The van der Waals surface area contributed by atoms with Crippen LogP contribution in [0.15, 0.2) is 79.1 Å². The fraction of sp³-hybridized carbons (Fsp3) is 0.250. The summed E-state index contributed by atoms with van der Waals surface area (Å²) >= 11 is 0. The summed E-state index contributed by atoms with van der Waals surface area (Å²) in [6.45, 7) is 0. The molecule has 1 N–H and O–H groups in total. The number of carbonyl (C=O) groups excluding carboxylic acids is 1. The Kier molecular flexibility index (Phi) is 5.01. The van der Waals surface area contributed by atoms with Gasteiger partial charge in [-0.3, -0.25) is 9.78 Å². The standard InChI is InChI=1S/C24H24N2O/c27-23(24(14-4-5-15-24)21-6-2-1-3-7-21)26-22-10-8-19(9-11-22)18-20-12-16-25-17-13-20/h1-3,6-13,16-17H,4-5,14-15,18H2,(H,26,27). The summed E-state index contributed by atoms with van der Waals surface area (Å²) in [4.78, 5) is 17.3. The van der Waals surface area contributed by atoms with Gasteiger partial charge in [0.05, 0.1) is 5.41 Å². The van der Waals surface area contributed by atoms with E-state index in [1.807, 2.05) is 54.9 Å². The van der Waals surface area contributed by atoms with Crippen molar-refractivity contribution in [3.63, 3.8) is 0 Å². The Bertz CT molecular complexity index is 883. The molecular formula is C24H24N2O. The lowest BCUT2D eigenvalue weighted by Crippen LogP contribution is -2.37. The van der Waals surface area contributed by atoms with E-state index in [1.54, 1.807) is 0 Å². The SMILES string of the molecule is O=C(Nc1ccc(Cc2ccncc2)cc1)C1(c2ccccc2)CCCC1. The van der Waals surface area contributed by atoms with Gasteiger partial charge in [0, 0.05) is 18.1 Å². The molecule has 0 saturated heterocycles. The maximum atomic E-state index is 13.2. The molecule has 136 valence electrons. The molecule has 27 heavy (non-hydrogen) atoms. The fourth-order valence-electron chi connectivity index (χ4n) is 4.08. The maximum Gasteiger partial charge on any atom is 0.235 e. The highest BCUT2D eigenvalue weighted by atomic mass is 16.2. The van der Waals surface area contributed by atoms with E-state index < -0.39 is 5.41 Å². The molecule has 1 amide bonds. The number of hydrogen-bond donors (Lipinski definition) is 1. The maximum absolute atomic E-state index is 13.2. The lowest BCUT2D eigenvalue weighted by Gasteiger charge is -2.28. The van der Waals surface area contributed by atoms with Crippen molar-refractivity contribution in [3.05, 3.63) is 95.8 Å². The van der Waals surface area contributed by atoms with Crippen LogP contribution in [0, 0.1) is 0 Å². The predicted octanol–water partition coefficient (Wildman–Crippen LogP) is 5.12. The van der Waals surface area contributed by atoms with Crippen molar-refractivity contribution < 1.29 is 4.79 Å². The zero-order valence-corrected chi connectivity index (χ0v) is 15.4. The van der Waals surface area contributed by atoms with E-state index in [2.05, 4.69) is 34.6 Å². The Balaban J connectivity index is 1.49. The van der Waals surface area contributed by atoms with Crippen LogP contribution >= 0.6 is 0 Å². The van der Waals surface area contributed by atoms with E-state index in [0.717, 1.165) is 43.4 Å². The third-order valence-corrected chi connectivity index (χ3v) is 5.59. The minimum Gasteiger partial charge on any atom is -0.325 e. The summed E-state index contributed by atoms with van der Waals surface area (Å²) in [5.74, 6) is 0.119. The van der Waals surface area contributed by atoms with Crippen LogP contribution in [0.1, 0.15) is 42.4 Å². The van der Waals surface area contributed by atoms with Crippen molar-refractivity contribution in [2.45, 2.75) is 37.5 Å². The Labute approximate surface area is 160 Å². The van der Waals surface area contributed by atoms with E-state index in [-0.39, 0.29) is 5.91 Å². The molecule has 0 bridgehead atoms. The van der Waals surface area contributed by atoms with Crippen molar-refractivity contribution in [2.24, 2.45) is 0 Å². The summed E-state index contributed by atoms with van der Waals surface area (Å²) in [6, 6.07) is 22.5. The largest absolute Gasteiger partial charge is 0.325 e. The van der Waals surface area contributed by atoms with Gasteiger partial charge >= 0.3 is 0 Å². The van der Waals surface area contributed by atoms with Gasteiger partial charge in [0.15, 0.2) is 0 Å². The number of amides is 1. The number of aromatic nitrogens is 1. The molecule has 0 spiro atoms. The lowest BCUT2D eigenvalue weighted by atomic mass is 9.78. The fourth-order valence-corrected chi connectivity index (χ4v) is 4.08. The first kappa shape index (κ1) is 17.5. The number of hydrogen-bond acceptors (Lipinski definition) is 2. The van der Waals surface area contributed by atoms with Crippen molar-refractivity contribution in [3.8, 4) is 0 Å². The predicted molar refractivity (Wildman–Crippen MR) is 109 cm³/mol. The van der Waals surface area contributed by atoms with Crippen LogP contribution in [0.25, 0.3) is 0 Å². The third kappa shape index (κ3) is 3.77. The second kappa shape index (κ2) is 7.75. The van der Waals surface area contributed by atoms with Crippen molar-refractivity contribution in [1.82, 2.24) is 4.98 Å². The molecule has 1 aliphatic carbocycles. The molecule has 0 atom stereocenters. The van der Waals surface area contributed by atoms with Crippen LogP contribution < -0.4 is 5.32 Å². The zero-order valence-electron chi connectivity index (χ0n) is 15.4. The van der Waals surface area contributed by atoms with Gasteiger partial charge in [0.2, 0.25) is 5.91 Å². The van der Waals surface area contributed by atoms with E-state index in [9.17, 15) is 4.79 Å². The monoisotopic (exact) mass is 356 g/mol. The van der Waals surface area contributed by atoms with Crippen LogP contribution in [-0.4, -0.2) is 10.9 Å². The minimum atomic E-state index is -0.392. The van der Waals surface area contributed by atoms with Crippen molar-refractivity contribution >= 4 is 11.6 Å². The van der Waals surface area contributed by atoms with Gasteiger partial charge in [-0.1, -0.05) is 55.3 Å². The smallest absolute Gasteiger partial charge is 0.235 e. The summed E-state index contributed by atoms with van der Waals surface area (Å²) < 4.78 is 0. The van der Waals surface area contributed by atoms with Gasteiger partial charge in [-0.2, -0.15) is 0 Å². The molecule has 4 rings (SSSR count). The minimum absolute atomic E-state index is 0.119. The number of nitrogens with one attached hydrogen (secondary N) is 1. The van der Waals surface area contributed by atoms with Crippen LogP contribution in [0.3, 0.4) is 0 Å². The summed E-state index contributed by atoms with van der Waals surface area (Å²) in [5.41, 5.74) is 4.06. The number of benzene rings is 2. The number of anilines is 1. The van der Waals surface area contributed by atoms with Gasteiger partial charge in [0.25, 0.3) is 0 Å². The van der Waals surface area contributed by atoms with Crippen LogP contribution in [0.4, 0.5) is 5.69 Å². The molecule has 2 aromatic carbocycles. The van der Waals surface area contributed by atoms with Gasteiger partial charge < -0.3 is 5.32 Å². The average molecular weight is 356 g/mol. The van der Waals surface area contributed by atoms with Gasteiger partial charge in [-0.05, 0) is 60.2 Å². The van der Waals surface area contributed by atoms with E-state index in [0.29, 0.717) is 0 Å². The van der Waals surface area contributed by atoms with Crippen LogP contribution in [0.2, 0.25) is 0 Å². The number of pyridine rings is 1. The molecule has 0 radical (unpaired) electrons. The Morgan fingerprint density at radius 2 is 1.48 bits per heavy atom. The normalized spacial score (nSPS) is 15.4. The third-order valence-electron chi connectivity index (χ3n) is 5.59. The van der Waals surface area contributed by atoms with E-state index in [4.69, 9.17) is 0 Å². The van der Waals surface area contributed by atoms with Gasteiger partial charge in [-0.25, -0.2) is 0 Å². The van der Waals surface area contributed by atoms with Crippen molar-refractivity contribution in [1.29, 1.82) is 0 Å². The molecule has 0 aliphatic heterocycles. The van der Waals surface area contributed by atoms with E-state index >= 15 is 0 Å². The first-order valence-electron chi connectivity index (χ1n) is 9.61. The molecule has 1 heterocycles. The molecule has 3 heteroatoms.